The van der Waals surface area contributed by atoms with Crippen molar-refractivity contribution in [1.82, 2.24) is 4.72 Å². The van der Waals surface area contributed by atoms with Gasteiger partial charge in [-0.25, -0.2) is 13.1 Å². The standard InChI is InChI=1S/C18H20N2O5S/c1-11(2)15-10-12(8-9-13(15)17(19)21)26(23,24)20-18(22)14-6-4-5-7-16(14)25-3/h4-11H,1-3H3,(H2,19,21)(H,20,22). The molecule has 0 aliphatic heterocycles. The summed E-state index contributed by atoms with van der Waals surface area (Å²) in [4.78, 5) is 23.7. The number of ether oxygens (including phenoxy) is 1. The number of carbonyl (C=O) groups excluding carboxylic acids is 2. The van der Waals surface area contributed by atoms with Crippen LogP contribution in [0.15, 0.2) is 47.4 Å². The second-order valence-corrected chi connectivity index (χ2v) is 7.59. The van der Waals surface area contributed by atoms with Crippen LogP contribution < -0.4 is 15.2 Å². The van der Waals surface area contributed by atoms with E-state index in [9.17, 15) is 18.0 Å². The van der Waals surface area contributed by atoms with Gasteiger partial charge < -0.3 is 10.5 Å². The van der Waals surface area contributed by atoms with Crippen LogP contribution >= 0.6 is 0 Å². The largest absolute Gasteiger partial charge is 0.496 e. The predicted molar refractivity (Wildman–Crippen MR) is 96.7 cm³/mol. The maximum Gasteiger partial charge on any atom is 0.268 e. The molecule has 26 heavy (non-hydrogen) atoms. The lowest BCUT2D eigenvalue weighted by Gasteiger charge is -2.14. The molecular formula is C18H20N2O5S. The summed E-state index contributed by atoms with van der Waals surface area (Å²) in [5.41, 5.74) is 6.16. The number of para-hydroxylation sites is 1. The molecule has 2 aromatic rings. The van der Waals surface area contributed by atoms with Crippen molar-refractivity contribution in [3.63, 3.8) is 0 Å². The van der Waals surface area contributed by atoms with E-state index in [2.05, 4.69) is 0 Å². The Balaban J connectivity index is 2.40. The van der Waals surface area contributed by atoms with Crippen molar-refractivity contribution >= 4 is 21.8 Å². The lowest BCUT2D eigenvalue weighted by atomic mass is 9.97. The van der Waals surface area contributed by atoms with E-state index in [1.54, 1.807) is 18.2 Å². The number of rotatable bonds is 6. The molecular weight excluding hydrogens is 356 g/mol. The van der Waals surface area contributed by atoms with Crippen LogP contribution in [0.3, 0.4) is 0 Å². The van der Waals surface area contributed by atoms with E-state index in [0.717, 1.165) is 0 Å². The first-order valence-corrected chi connectivity index (χ1v) is 9.29. The van der Waals surface area contributed by atoms with E-state index in [0.29, 0.717) is 5.56 Å². The van der Waals surface area contributed by atoms with Gasteiger partial charge in [0.05, 0.1) is 17.6 Å². The Bertz CT molecular complexity index is 952. The second-order valence-electron chi connectivity index (χ2n) is 5.90. The van der Waals surface area contributed by atoms with E-state index in [-0.39, 0.29) is 27.7 Å². The summed E-state index contributed by atoms with van der Waals surface area (Å²) in [5, 5.41) is 0. The zero-order chi connectivity index (χ0) is 19.5. The fraction of sp³-hybridized carbons (Fsp3) is 0.222. The number of benzene rings is 2. The Morgan fingerprint density at radius 2 is 1.73 bits per heavy atom. The summed E-state index contributed by atoms with van der Waals surface area (Å²) in [5.74, 6) is -1.33. The molecule has 8 heteroatoms. The van der Waals surface area contributed by atoms with E-state index in [1.165, 1.54) is 31.4 Å². The second kappa shape index (κ2) is 7.57. The molecule has 0 saturated carbocycles. The van der Waals surface area contributed by atoms with Crippen LogP contribution in [0.4, 0.5) is 0 Å². The van der Waals surface area contributed by atoms with Gasteiger partial charge in [0.2, 0.25) is 5.91 Å². The summed E-state index contributed by atoms with van der Waals surface area (Å²) < 4.78 is 32.3. The van der Waals surface area contributed by atoms with Crippen molar-refractivity contribution in [3.05, 3.63) is 59.2 Å². The van der Waals surface area contributed by atoms with Crippen molar-refractivity contribution < 1.29 is 22.7 Å². The van der Waals surface area contributed by atoms with Crippen molar-refractivity contribution in [2.45, 2.75) is 24.7 Å². The van der Waals surface area contributed by atoms with Gasteiger partial charge in [-0.05, 0) is 41.8 Å². The van der Waals surface area contributed by atoms with Crippen molar-refractivity contribution in [1.29, 1.82) is 0 Å². The van der Waals surface area contributed by atoms with E-state index < -0.39 is 21.8 Å². The fourth-order valence-electron chi connectivity index (χ4n) is 2.48. The van der Waals surface area contributed by atoms with Crippen LogP contribution in [0.5, 0.6) is 5.75 Å². The number of methoxy groups -OCH3 is 1. The average Bonchev–Trinajstić information content (AvgIpc) is 2.60. The third-order valence-corrected chi connectivity index (χ3v) is 5.13. The number of nitrogens with one attached hydrogen (secondary N) is 1. The van der Waals surface area contributed by atoms with Gasteiger partial charge in [-0.3, -0.25) is 9.59 Å². The van der Waals surface area contributed by atoms with Crippen molar-refractivity contribution in [2.75, 3.05) is 7.11 Å². The lowest BCUT2D eigenvalue weighted by Crippen LogP contribution is -2.31. The minimum absolute atomic E-state index is 0.0939. The molecule has 0 fully saturated rings. The predicted octanol–water partition coefficient (Wildman–Crippen LogP) is 2.04. The highest BCUT2D eigenvalue weighted by molar-refractivity contribution is 7.90. The third kappa shape index (κ3) is 4.02. The molecule has 0 heterocycles. The molecule has 0 saturated heterocycles. The van der Waals surface area contributed by atoms with Crippen LogP contribution in [0, 0.1) is 0 Å². The third-order valence-electron chi connectivity index (χ3n) is 3.80. The maximum atomic E-state index is 12.6. The van der Waals surface area contributed by atoms with Crippen LogP contribution in [-0.4, -0.2) is 27.3 Å². The van der Waals surface area contributed by atoms with E-state index in [1.807, 2.05) is 18.6 Å². The number of amides is 2. The molecule has 0 bridgehead atoms. The first-order chi connectivity index (χ1) is 12.2. The molecule has 0 spiro atoms. The first-order valence-electron chi connectivity index (χ1n) is 7.81. The zero-order valence-electron chi connectivity index (χ0n) is 14.6. The quantitative estimate of drug-likeness (QED) is 0.800. The zero-order valence-corrected chi connectivity index (χ0v) is 15.5. The molecule has 138 valence electrons. The number of sulfonamides is 1. The average molecular weight is 376 g/mol. The van der Waals surface area contributed by atoms with Gasteiger partial charge in [-0.15, -0.1) is 0 Å². The SMILES string of the molecule is COc1ccccc1C(=O)NS(=O)(=O)c1ccc(C(N)=O)c(C(C)C)c1. The van der Waals surface area contributed by atoms with Gasteiger partial charge in [0.25, 0.3) is 15.9 Å². The number of hydrogen-bond acceptors (Lipinski definition) is 5. The molecule has 0 aliphatic rings. The van der Waals surface area contributed by atoms with Gasteiger partial charge >= 0.3 is 0 Å². The van der Waals surface area contributed by atoms with Crippen LogP contribution in [0.1, 0.15) is 46.0 Å². The topological polar surface area (TPSA) is 116 Å². The van der Waals surface area contributed by atoms with Gasteiger partial charge in [-0.1, -0.05) is 26.0 Å². The lowest BCUT2D eigenvalue weighted by molar-refractivity contribution is 0.0975. The highest BCUT2D eigenvalue weighted by atomic mass is 32.2. The maximum absolute atomic E-state index is 12.6. The van der Waals surface area contributed by atoms with Crippen molar-refractivity contribution in [2.24, 2.45) is 5.73 Å². The summed E-state index contributed by atoms with van der Waals surface area (Å²) >= 11 is 0. The number of hydrogen-bond donors (Lipinski definition) is 2. The van der Waals surface area contributed by atoms with E-state index >= 15 is 0 Å². The molecule has 0 atom stereocenters. The highest BCUT2D eigenvalue weighted by Crippen LogP contribution is 2.24. The first kappa shape index (κ1) is 19.5. The van der Waals surface area contributed by atoms with Gasteiger partial charge in [0.15, 0.2) is 0 Å². The van der Waals surface area contributed by atoms with Crippen molar-refractivity contribution in [3.8, 4) is 5.75 Å². The summed E-state index contributed by atoms with van der Waals surface area (Å²) in [6, 6.07) is 10.2. The molecule has 3 N–H and O–H groups in total. The Kier molecular flexibility index (Phi) is 5.66. The number of nitrogens with two attached hydrogens (primary N) is 1. The van der Waals surface area contributed by atoms with E-state index in [4.69, 9.17) is 10.5 Å². The summed E-state index contributed by atoms with van der Waals surface area (Å²) in [7, 11) is -2.75. The molecule has 0 aliphatic carbocycles. The van der Waals surface area contributed by atoms with Crippen LogP contribution in [-0.2, 0) is 10.0 Å². The fourth-order valence-corrected chi connectivity index (χ4v) is 3.48. The normalized spacial score (nSPS) is 11.2. The van der Waals surface area contributed by atoms with Gasteiger partial charge in [0.1, 0.15) is 5.75 Å². The molecule has 2 rings (SSSR count). The molecule has 0 aromatic heterocycles. The summed E-state index contributed by atoms with van der Waals surface area (Å²) in [6.45, 7) is 3.62. The smallest absolute Gasteiger partial charge is 0.268 e. The minimum atomic E-state index is -4.14. The highest BCUT2D eigenvalue weighted by Gasteiger charge is 2.23. The molecule has 2 aromatic carbocycles. The Hall–Kier alpha value is -2.87. The monoisotopic (exact) mass is 376 g/mol. The Labute approximate surface area is 152 Å². The van der Waals surface area contributed by atoms with Gasteiger partial charge in [0, 0.05) is 5.56 Å². The molecule has 2 amide bonds. The molecule has 7 nitrogen and oxygen atoms in total. The Morgan fingerprint density at radius 1 is 1.08 bits per heavy atom. The summed E-state index contributed by atoms with van der Waals surface area (Å²) in [6.07, 6.45) is 0. The molecule has 0 radical (unpaired) electrons. The van der Waals surface area contributed by atoms with Crippen LogP contribution in [0.25, 0.3) is 0 Å². The van der Waals surface area contributed by atoms with Crippen LogP contribution in [0.2, 0.25) is 0 Å². The van der Waals surface area contributed by atoms with Gasteiger partial charge in [-0.2, -0.15) is 0 Å². The Morgan fingerprint density at radius 3 is 2.31 bits per heavy atom. The minimum Gasteiger partial charge on any atom is -0.496 e. The number of primary amides is 1. The number of carbonyl (C=O) groups is 2. The molecule has 0 unspecified atom stereocenters.